The van der Waals surface area contributed by atoms with Gasteiger partial charge in [-0.3, -0.25) is 0 Å². The van der Waals surface area contributed by atoms with Crippen LogP contribution < -0.4 is 10.6 Å². The molecule has 1 aliphatic heterocycles. The second kappa shape index (κ2) is 7.44. The van der Waals surface area contributed by atoms with E-state index in [-0.39, 0.29) is 18.2 Å². The first kappa shape index (κ1) is 17.7. The summed E-state index contributed by atoms with van der Waals surface area (Å²) < 4.78 is 11.8. The molecule has 0 aliphatic carbocycles. The summed E-state index contributed by atoms with van der Waals surface area (Å²) in [7, 11) is 0. The highest BCUT2D eigenvalue weighted by atomic mass is 35.5. The normalized spacial score (nSPS) is 22.2. The maximum Gasteiger partial charge on any atom is 0.319 e. The summed E-state index contributed by atoms with van der Waals surface area (Å²) >= 11 is 5.86. The van der Waals surface area contributed by atoms with Crippen molar-refractivity contribution in [3.05, 3.63) is 65.2 Å². The standard InChI is InChI=1S/C19H21ClN2O3/c1-19(2)24-12-16(17(25-19)13-6-4-3-5-7-13)22-18(23)21-15-10-8-14(20)9-11-15/h3-11,16-17H,12H2,1-2H3,(H2,21,22,23)/t16-,17-/m0/s1. The Morgan fingerprint density at radius 3 is 2.48 bits per heavy atom. The molecule has 2 aromatic rings. The molecule has 0 radical (unpaired) electrons. The highest BCUT2D eigenvalue weighted by Gasteiger charge is 2.38. The number of hydrogen-bond donors (Lipinski definition) is 2. The molecular formula is C19H21ClN2O3. The Hall–Kier alpha value is -2.08. The first-order chi connectivity index (χ1) is 11.9. The molecule has 1 heterocycles. The largest absolute Gasteiger partial charge is 0.348 e. The molecule has 2 atom stereocenters. The predicted molar refractivity (Wildman–Crippen MR) is 97.7 cm³/mol. The molecular weight excluding hydrogens is 340 g/mol. The number of urea groups is 1. The van der Waals surface area contributed by atoms with Crippen LogP contribution in [0.2, 0.25) is 5.02 Å². The van der Waals surface area contributed by atoms with Gasteiger partial charge in [-0.2, -0.15) is 0 Å². The molecule has 2 aromatic carbocycles. The maximum atomic E-state index is 12.3. The Morgan fingerprint density at radius 2 is 1.80 bits per heavy atom. The fourth-order valence-corrected chi connectivity index (χ4v) is 2.85. The van der Waals surface area contributed by atoms with Gasteiger partial charge in [0.05, 0.1) is 12.6 Å². The van der Waals surface area contributed by atoms with Gasteiger partial charge in [0.1, 0.15) is 6.10 Å². The van der Waals surface area contributed by atoms with Crippen molar-refractivity contribution < 1.29 is 14.3 Å². The van der Waals surface area contributed by atoms with Crippen LogP contribution in [-0.2, 0) is 9.47 Å². The summed E-state index contributed by atoms with van der Waals surface area (Å²) in [5.74, 6) is -0.703. The first-order valence-corrected chi connectivity index (χ1v) is 8.50. The van der Waals surface area contributed by atoms with Gasteiger partial charge in [-0.1, -0.05) is 41.9 Å². The van der Waals surface area contributed by atoms with Gasteiger partial charge in [0.25, 0.3) is 0 Å². The number of rotatable bonds is 3. The third-order valence-electron chi connectivity index (χ3n) is 3.93. The second-order valence-electron chi connectivity index (χ2n) is 6.37. The number of benzene rings is 2. The van der Waals surface area contributed by atoms with E-state index in [0.29, 0.717) is 17.3 Å². The maximum absolute atomic E-state index is 12.3. The molecule has 1 saturated heterocycles. The zero-order valence-corrected chi connectivity index (χ0v) is 14.9. The van der Waals surface area contributed by atoms with Crippen molar-refractivity contribution in [2.45, 2.75) is 31.8 Å². The van der Waals surface area contributed by atoms with Gasteiger partial charge in [-0.25, -0.2) is 4.79 Å². The molecule has 1 fully saturated rings. The van der Waals surface area contributed by atoms with E-state index in [4.69, 9.17) is 21.1 Å². The number of ether oxygens (including phenoxy) is 2. The van der Waals surface area contributed by atoms with Crippen molar-refractivity contribution in [2.75, 3.05) is 11.9 Å². The zero-order chi connectivity index (χ0) is 17.9. The molecule has 1 aliphatic rings. The monoisotopic (exact) mass is 360 g/mol. The van der Waals surface area contributed by atoms with Gasteiger partial charge in [-0.15, -0.1) is 0 Å². The van der Waals surface area contributed by atoms with E-state index in [1.165, 1.54) is 0 Å². The lowest BCUT2D eigenvalue weighted by Crippen LogP contribution is -2.52. The number of halogens is 1. The zero-order valence-electron chi connectivity index (χ0n) is 14.2. The van der Waals surface area contributed by atoms with Gasteiger partial charge < -0.3 is 20.1 Å². The number of amides is 2. The van der Waals surface area contributed by atoms with Gasteiger partial charge >= 0.3 is 6.03 Å². The third-order valence-corrected chi connectivity index (χ3v) is 4.19. The van der Waals surface area contributed by atoms with E-state index in [0.717, 1.165) is 5.56 Å². The highest BCUT2D eigenvalue weighted by Crippen LogP contribution is 2.32. The van der Waals surface area contributed by atoms with Crippen LogP contribution in [0.3, 0.4) is 0 Å². The Bertz CT molecular complexity index is 719. The number of hydrogen-bond acceptors (Lipinski definition) is 3. The average molecular weight is 361 g/mol. The van der Waals surface area contributed by atoms with E-state index < -0.39 is 5.79 Å². The van der Waals surface area contributed by atoms with Crippen molar-refractivity contribution >= 4 is 23.3 Å². The lowest BCUT2D eigenvalue weighted by atomic mass is 10.0. The van der Waals surface area contributed by atoms with Crippen LogP contribution in [0.5, 0.6) is 0 Å². The topological polar surface area (TPSA) is 59.6 Å². The quantitative estimate of drug-likeness (QED) is 0.855. The van der Waals surface area contributed by atoms with Crippen LogP contribution in [0.15, 0.2) is 54.6 Å². The summed E-state index contributed by atoms with van der Waals surface area (Å²) in [6.07, 6.45) is -0.291. The summed E-state index contributed by atoms with van der Waals surface area (Å²) in [6, 6.07) is 16.1. The predicted octanol–water partition coefficient (Wildman–Crippen LogP) is 4.35. The molecule has 0 saturated carbocycles. The molecule has 2 amide bonds. The minimum absolute atomic E-state index is 0.291. The molecule has 3 rings (SSSR count). The van der Waals surface area contributed by atoms with E-state index in [1.807, 2.05) is 44.2 Å². The van der Waals surface area contributed by atoms with Crippen LogP contribution in [0.4, 0.5) is 10.5 Å². The van der Waals surface area contributed by atoms with Crippen LogP contribution in [0, 0.1) is 0 Å². The first-order valence-electron chi connectivity index (χ1n) is 8.13. The van der Waals surface area contributed by atoms with Gasteiger partial charge in [0.15, 0.2) is 5.79 Å². The Balaban J connectivity index is 1.70. The van der Waals surface area contributed by atoms with Crippen molar-refractivity contribution in [1.29, 1.82) is 0 Å². The molecule has 0 bridgehead atoms. The number of carbonyl (C=O) groups excluding carboxylic acids is 1. The third kappa shape index (κ3) is 4.72. The Kier molecular flexibility index (Phi) is 5.27. The number of anilines is 1. The minimum atomic E-state index is -0.703. The molecule has 132 valence electrons. The second-order valence-corrected chi connectivity index (χ2v) is 6.81. The summed E-state index contributed by atoms with van der Waals surface area (Å²) in [4.78, 5) is 12.3. The van der Waals surface area contributed by atoms with Crippen LogP contribution >= 0.6 is 11.6 Å². The average Bonchev–Trinajstić information content (AvgIpc) is 2.59. The molecule has 5 nitrogen and oxygen atoms in total. The van der Waals surface area contributed by atoms with Gasteiger partial charge in [0.2, 0.25) is 0 Å². The Morgan fingerprint density at radius 1 is 1.12 bits per heavy atom. The molecule has 0 spiro atoms. The molecule has 0 unspecified atom stereocenters. The minimum Gasteiger partial charge on any atom is -0.348 e. The highest BCUT2D eigenvalue weighted by molar-refractivity contribution is 6.30. The van der Waals surface area contributed by atoms with E-state index in [2.05, 4.69) is 10.6 Å². The van der Waals surface area contributed by atoms with E-state index in [9.17, 15) is 4.79 Å². The van der Waals surface area contributed by atoms with Crippen molar-refractivity contribution in [3.8, 4) is 0 Å². The van der Waals surface area contributed by atoms with Gasteiger partial charge in [-0.05, 0) is 43.7 Å². The van der Waals surface area contributed by atoms with Crippen molar-refractivity contribution in [3.63, 3.8) is 0 Å². The van der Waals surface area contributed by atoms with Crippen LogP contribution in [0.1, 0.15) is 25.5 Å². The van der Waals surface area contributed by atoms with E-state index >= 15 is 0 Å². The smallest absolute Gasteiger partial charge is 0.319 e. The molecule has 25 heavy (non-hydrogen) atoms. The molecule has 6 heteroatoms. The van der Waals surface area contributed by atoms with Crippen LogP contribution in [-0.4, -0.2) is 24.5 Å². The lowest BCUT2D eigenvalue weighted by molar-refractivity contribution is -0.284. The van der Waals surface area contributed by atoms with Crippen molar-refractivity contribution in [1.82, 2.24) is 5.32 Å². The lowest BCUT2D eigenvalue weighted by Gasteiger charge is -2.41. The summed E-state index contributed by atoms with van der Waals surface area (Å²) in [6.45, 7) is 4.10. The Labute approximate surface area is 152 Å². The number of nitrogens with one attached hydrogen (secondary N) is 2. The summed E-state index contributed by atoms with van der Waals surface area (Å²) in [5.41, 5.74) is 1.66. The summed E-state index contributed by atoms with van der Waals surface area (Å²) in [5, 5.41) is 6.34. The van der Waals surface area contributed by atoms with Crippen molar-refractivity contribution in [2.24, 2.45) is 0 Å². The van der Waals surface area contributed by atoms with E-state index in [1.54, 1.807) is 24.3 Å². The van der Waals surface area contributed by atoms with Crippen LogP contribution in [0.25, 0.3) is 0 Å². The molecule has 0 aromatic heterocycles. The molecule has 2 N–H and O–H groups in total. The fraction of sp³-hybridized carbons (Fsp3) is 0.316. The van der Waals surface area contributed by atoms with Gasteiger partial charge in [0, 0.05) is 10.7 Å². The fourth-order valence-electron chi connectivity index (χ4n) is 2.73. The SMILES string of the molecule is CC1(C)OC[C@H](NC(=O)Nc2ccc(Cl)cc2)[C@H](c2ccccc2)O1. The number of carbonyl (C=O) groups is 1.